The Morgan fingerprint density at radius 3 is 2.52 bits per heavy atom. The Bertz CT molecular complexity index is 1920. The number of piperazine rings is 1. The van der Waals surface area contributed by atoms with Crippen molar-refractivity contribution in [2.75, 3.05) is 45.8 Å². The molecule has 5 atom stereocenters. The number of halogens is 1. The second-order valence-corrected chi connectivity index (χ2v) is 14.4. The molecule has 0 saturated carbocycles. The average Bonchev–Trinajstić information content (AvgIpc) is 3.64. The fourth-order valence-electron chi connectivity index (χ4n) is 8.75. The molecule has 2 bridgehead atoms. The van der Waals surface area contributed by atoms with Crippen LogP contribution < -0.4 is 29.0 Å². The normalized spacial score (nSPS) is 22.8. The van der Waals surface area contributed by atoms with Crippen molar-refractivity contribution in [2.45, 2.75) is 69.7 Å². The summed E-state index contributed by atoms with van der Waals surface area (Å²) in [6.45, 7) is 4.11. The van der Waals surface area contributed by atoms with Crippen LogP contribution in [0.25, 0.3) is 0 Å². The first-order valence-corrected chi connectivity index (χ1v) is 19.0. The molecule has 3 aromatic rings. The number of aryl methyl sites for hydroxylation is 2. The van der Waals surface area contributed by atoms with E-state index in [4.69, 9.17) is 28.4 Å². The molecule has 1 N–H and O–H groups in total. The van der Waals surface area contributed by atoms with Gasteiger partial charge in [-0.3, -0.25) is 19.4 Å². The zero-order valence-corrected chi connectivity index (χ0v) is 32.2. The topological polar surface area (TPSA) is 132 Å². The predicted molar refractivity (Wildman–Crippen MR) is 199 cm³/mol. The van der Waals surface area contributed by atoms with Gasteiger partial charge in [0.2, 0.25) is 12.7 Å². The molecule has 274 valence electrons. The third-order valence-electron chi connectivity index (χ3n) is 10.9. The molecule has 7 rings (SSSR count). The van der Waals surface area contributed by atoms with E-state index in [2.05, 4.69) is 34.3 Å². The van der Waals surface area contributed by atoms with Crippen LogP contribution in [0.1, 0.15) is 57.4 Å². The van der Waals surface area contributed by atoms with Gasteiger partial charge in [0.25, 0.3) is 0 Å². The van der Waals surface area contributed by atoms with Crippen molar-refractivity contribution in [2.24, 2.45) is 0 Å². The molecule has 12 nitrogen and oxygen atoms in total. The lowest BCUT2D eigenvalue weighted by Crippen LogP contribution is -2.68. The highest BCUT2D eigenvalue weighted by atomic mass is 127. The predicted octanol–water partition coefficient (Wildman–Crippen LogP) is 4.88. The minimum atomic E-state index is -0.552. The summed E-state index contributed by atoms with van der Waals surface area (Å²) in [4.78, 5) is 31.0. The van der Waals surface area contributed by atoms with Crippen molar-refractivity contribution in [3.8, 4) is 34.8 Å². The Labute approximate surface area is 317 Å². The van der Waals surface area contributed by atoms with E-state index >= 15 is 0 Å². The third-order valence-corrected chi connectivity index (χ3v) is 11.5. The summed E-state index contributed by atoms with van der Waals surface area (Å²) < 4.78 is 36.1. The van der Waals surface area contributed by atoms with E-state index < -0.39 is 12.1 Å². The number of rotatable bonds is 11. The molecule has 4 aliphatic rings. The molecule has 0 aromatic heterocycles. The van der Waals surface area contributed by atoms with Gasteiger partial charge in [0, 0.05) is 54.4 Å². The van der Waals surface area contributed by atoms with Crippen LogP contribution in [0.2, 0.25) is 0 Å². The minimum absolute atomic E-state index is 0.00820. The molecule has 1 unspecified atom stereocenters. The van der Waals surface area contributed by atoms with E-state index in [1.807, 2.05) is 66.8 Å². The molecule has 3 aromatic carbocycles. The van der Waals surface area contributed by atoms with Gasteiger partial charge in [-0.25, -0.2) is 0 Å². The van der Waals surface area contributed by atoms with Crippen LogP contribution in [-0.2, 0) is 33.6 Å². The van der Waals surface area contributed by atoms with Crippen LogP contribution in [0.4, 0.5) is 0 Å². The first-order chi connectivity index (χ1) is 25.2. The molecule has 4 aliphatic heterocycles. The van der Waals surface area contributed by atoms with Gasteiger partial charge in [-0.05, 0) is 56.8 Å². The molecule has 1 fully saturated rings. The number of carbonyl (C=O) groups excluding carboxylic acids is 2. The van der Waals surface area contributed by atoms with Crippen LogP contribution in [0.3, 0.4) is 0 Å². The highest BCUT2D eigenvalue weighted by Gasteiger charge is 2.57. The summed E-state index contributed by atoms with van der Waals surface area (Å²) in [6.07, 6.45) is 1.93. The van der Waals surface area contributed by atoms with E-state index in [1.54, 1.807) is 14.2 Å². The standard InChI is InChI=1S/C39H43IN4O8/c1-21-13-24-14-26-28(17-41)44-27(34(43(26)3)32(24)38(35(21)48-5)49-19-47-4)15-25-33(29(44)18-42-30(45)12-11-23-9-7-6-8-10-23)39-37(50-20-51-39)22(2)36(25)52-31(46)16-40/h6-10,13,26-29,34H,11-12,14-16,18-20H2,1-5H3,(H,42,45)/t26-,27?,28+,29+,34-/m1/s1. The number of nitrogens with one attached hydrogen (secondary N) is 1. The molecule has 0 spiro atoms. The SMILES string of the molecule is COCOc1c(OC)c(C)cc2c1[C@H]1C3Cc4c(OC(=O)CI)c(C)c5c(c4[C@H](CNC(=O)CCc4ccccc4)N3[C@@H](C#N)[C@@H](C2)N1C)OCO5. The monoisotopic (exact) mass is 822 g/mol. The van der Waals surface area contributed by atoms with Crippen LogP contribution in [0, 0.1) is 25.2 Å². The van der Waals surface area contributed by atoms with Gasteiger partial charge in [0.15, 0.2) is 29.8 Å². The van der Waals surface area contributed by atoms with Gasteiger partial charge >= 0.3 is 5.97 Å². The Balaban J connectivity index is 1.39. The van der Waals surface area contributed by atoms with E-state index in [1.165, 1.54) is 0 Å². The Morgan fingerprint density at radius 1 is 1.04 bits per heavy atom. The second-order valence-electron chi connectivity index (χ2n) is 13.7. The number of benzene rings is 3. The Hall–Kier alpha value is -4.10. The smallest absolute Gasteiger partial charge is 0.321 e. The summed E-state index contributed by atoms with van der Waals surface area (Å²) >= 11 is 2.00. The summed E-state index contributed by atoms with van der Waals surface area (Å²) in [5.41, 5.74) is 6.32. The molecule has 52 heavy (non-hydrogen) atoms. The number of fused-ring (bicyclic) bond motifs is 9. The van der Waals surface area contributed by atoms with Crippen LogP contribution >= 0.6 is 22.6 Å². The number of nitriles is 1. The van der Waals surface area contributed by atoms with E-state index in [-0.39, 0.29) is 54.6 Å². The molecule has 4 heterocycles. The summed E-state index contributed by atoms with van der Waals surface area (Å²) in [6, 6.07) is 12.9. The average molecular weight is 823 g/mol. The van der Waals surface area contributed by atoms with Gasteiger partial charge in [-0.1, -0.05) is 59.0 Å². The zero-order valence-electron chi connectivity index (χ0n) is 30.0. The molecular formula is C39H43IN4O8. The molecule has 0 radical (unpaired) electrons. The number of hydrogen-bond donors (Lipinski definition) is 1. The molecule has 13 heteroatoms. The Morgan fingerprint density at radius 2 is 1.81 bits per heavy atom. The molecule has 1 saturated heterocycles. The van der Waals surface area contributed by atoms with Crippen molar-refractivity contribution in [1.29, 1.82) is 5.26 Å². The number of alkyl halides is 1. The lowest BCUT2D eigenvalue weighted by molar-refractivity contribution is -0.131. The van der Waals surface area contributed by atoms with Crippen molar-refractivity contribution < 1.29 is 38.0 Å². The first kappa shape index (κ1) is 36.3. The van der Waals surface area contributed by atoms with Crippen LogP contribution in [-0.4, -0.2) is 85.6 Å². The highest BCUT2D eigenvalue weighted by molar-refractivity contribution is 14.1. The minimum Gasteiger partial charge on any atom is -0.493 e. The fourth-order valence-corrected chi connectivity index (χ4v) is 8.90. The van der Waals surface area contributed by atoms with Gasteiger partial charge < -0.3 is 33.7 Å². The number of amides is 1. The number of nitrogens with zero attached hydrogens (tertiary/aromatic N) is 3. The van der Waals surface area contributed by atoms with E-state index in [0.717, 1.165) is 33.4 Å². The van der Waals surface area contributed by atoms with Crippen molar-refractivity contribution in [3.05, 3.63) is 75.3 Å². The quantitative estimate of drug-likeness (QED) is 0.0934. The van der Waals surface area contributed by atoms with Crippen molar-refractivity contribution in [1.82, 2.24) is 15.1 Å². The van der Waals surface area contributed by atoms with E-state index in [9.17, 15) is 14.9 Å². The van der Waals surface area contributed by atoms with Crippen molar-refractivity contribution >= 4 is 34.5 Å². The maximum atomic E-state index is 13.5. The van der Waals surface area contributed by atoms with Crippen LogP contribution in [0.5, 0.6) is 28.7 Å². The third kappa shape index (κ3) is 6.23. The van der Waals surface area contributed by atoms with Gasteiger partial charge in [0.1, 0.15) is 11.8 Å². The number of carbonyl (C=O) groups is 2. The van der Waals surface area contributed by atoms with Gasteiger partial charge in [0.05, 0.1) is 29.7 Å². The van der Waals surface area contributed by atoms with E-state index in [0.29, 0.717) is 60.0 Å². The molecule has 1 amide bonds. The first-order valence-electron chi connectivity index (χ1n) is 17.5. The fraction of sp³-hybridized carbons (Fsp3) is 0.462. The Kier molecular flexibility index (Phi) is 10.5. The van der Waals surface area contributed by atoms with Gasteiger partial charge in [-0.2, -0.15) is 5.26 Å². The highest BCUT2D eigenvalue weighted by Crippen LogP contribution is 2.58. The lowest BCUT2D eigenvalue weighted by atomic mass is 9.71. The largest absolute Gasteiger partial charge is 0.493 e. The summed E-state index contributed by atoms with van der Waals surface area (Å²) in [7, 11) is 5.28. The number of methoxy groups -OCH3 is 2. The zero-order chi connectivity index (χ0) is 36.7. The molecule has 0 aliphatic carbocycles. The number of ether oxygens (including phenoxy) is 6. The summed E-state index contributed by atoms with van der Waals surface area (Å²) in [5, 5.41) is 14.2. The van der Waals surface area contributed by atoms with Gasteiger partial charge in [-0.15, -0.1) is 0 Å². The lowest BCUT2D eigenvalue weighted by Gasteiger charge is -2.60. The number of hydrogen-bond acceptors (Lipinski definition) is 11. The summed E-state index contributed by atoms with van der Waals surface area (Å²) in [5.74, 6) is 2.27. The number of likely N-dealkylation sites (N-methyl/N-ethyl adjacent to an activating group) is 1. The maximum Gasteiger partial charge on any atom is 0.321 e. The molecular weight excluding hydrogens is 779 g/mol. The number of esters is 1. The van der Waals surface area contributed by atoms with Crippen molar-refractivity contribution in [3.63, 3.8) is 0 Å². The second kappa shape index (κ2) is 15.1. The van der Waals surface area contributed by atoms with Crippen LogP contribution in [0.15, 0.2) is 36.4 Å². The maximum absolute atomic E-state index is 13.5.